The molecule has 0 aliphatic carbocycles. The summed E-state index contributed by atoms with van der Waals surface area (Å²) in [6.45, 7) is 2.82. The van der Waals surface area contributed by atoms with Crippen LogP contribution in [-0.2, 0) is 19.6 Å². The summed E-state index contributed by atoms with van der Waals surface area (Å²) in [5.41, 5.74) is 0.0641. The Morgan fingerprint density at radius 3 is 2.19 bits per heavy atom. The molecule has 0 aliphatic rings. The van der Waals surface area contributed by atoms with Crippen LogP contribution in [-0.4, -0.2) is 33.3 Å². The number of nitrogens with zero attached hydrogens (tertiary/aromatic N) is 1. The number of halogens is 3. The zero-order valence-corrected chi connectivity index (χ0v) is 14.6. The number of ether oxygens (including phenoxy) is 1. The summed E-state index contributed by atoms with van der Waals surface area (Å²) in [5.74, 6) is -0.697. The smallest absolute Gasteiger partial charge is 0.327 e. The van der Waals surface area contributed by atoms with E-state index in [0.29, 0.717) is 0 Å². The van der Waals surface area contributed by atoms with Gasteiger partial charge in [0.25, 0.3) is 0 Å². The molecule has 21 heavy (non-hydrogen) atoms. The number of carbonyl (C=O) groups excluding carboxylic acids is 1. The zero-order chi connectivity index (χ0) is 16.4. The van der Waals surface area contributed by atoms with Crippen molar-refractivity contribution in [3.05, 3.63) is 27.2 Å². The van der Waals surface area contributed by atoms with Crippen LogP contribution >= 0.6 is 34.8 Å². The van der Waals surface area contributed by atoms with Crippen molar-refractivity contribution in [3.8, 4) is 0 Å². The van der Waals surface area contributed by atoms with Gasteiger partial charge in [0.2, 0.25) is 10.0 Å². The number of benzene rings is 1. The average Bonchev–Trinajstić information content (AvgIpc) is 2.29. The Morgan fingerprint density at radius 1 is 1.19 bits per heavy atom. The lowest BCUT2D eigenvalue weighted by atomic mass is 10.3. The van der Waals surface area contributed by atoms with Gasteiger partial charge in [-0.15, -0.1) is 0 Å². The van der Waals surface area contributed by atoms with E-state index in [1.165, 1.54) is 12.1 Å². The number of esters is 1. The molecule has 0 radical (unpaired) electrons. The SMILES string of the molecule is CC(C)OC(=O)CN(c1cc(Cl)c(Cl)cc1Cl)S(C)(=O)=O. The van der Waals surface area contributed by atoms with Gasteiger partial charge >= 0.3 is 5.97 Å². The Balaban J connectivity index is 3.22. The first-order valence-electron chi connectivity index (χ1n) is 5.84. The van der Waals surface area contributed by atoms with Crippen LogP contribution in [0.1, 0.15) is 13.8 Å². The highest BCUT2D eigenvalue weighted by Gasteiger charge is 2.25. The molecule has 0 fully saturated rings. The second-order valence-corrected chi connectivity index (χ2v) is 7.65. The molecule has 1 aromatic carbocycles. The van der Waals surface area contributed by atoms with Crippen LogP contribution in [0.4, 0.5) is 5.69 Å². The van der Waals surface area contributed by atoms with Crippen molar-refractivity contribution < 1.29 is 17.9 Å². The third-order valence-corrected chi connectivity index (χ3v) is 4.45. The van der Waals surface area contributed by atoms with Crippen LogP contribution in [0.5, 0.6) is 0 Å². The monoisotopic (exact) mass is 373 g/mol. The van der Waals surface area contributed by atoms with Gasteiger partial charge in [0, 0.05) is 0 Å². The Kier molecular flexibility index (Phi) is 6.16. The number of anilines is 1. The molecule has 5 nitrogen and oxygen atoms in total. The molecule has 0 saturated heterocycles. The Labute approximate surface area is 138 Å². The summed E-state index contributed by atoms with van der Waals surface area (Å²) in [5, 5.41) is 0.373. The van der Waals surface area contributed by atoms with Gasteiger partial charge in [-0.1, -0.05) is 34.8 Å². The first-order valence-corrected chi connectivity index (χ1v) is 8.82. The van der Waals surface area contributed by atoms with E-state index in [0.717, 1.165) is 10.6 Å². The molecule has 118 valence electrons. The van der Waals surface area contributed by atoms with Crippen molar-refractivity contribution in [1.82, 2.24) is 0 Å². The van der Waals surface area contributed by atoms with E-state index in [9.17, 15) is 13.2 Å². The molecule has 1 rings (SSSR count). The van der Waals surface area contributed by atoms with Gasteiger partial charge in [-0.25, -0.2) is 8.42 Å². The predicted molar refractivity (Wildman–Crippen MR) is 84.9 cm³/mol. The second kappa shape index (κ2) is 7.05. The molecule has 1 aromatic rings. The van der Waals surface area contributed by atoms with E-state index in [-0.39, 0.29) is 26.9 Å². The molecule has 0 aliphatic heterocycles. The highest BCUT2D eigenvalue weighted by atomic mass is 35.5. The average molecular weight is 375 g/mol. The molecular formula is C12H14Cl3NO4S. The summed E-state index contributed by atoms with van der Waals surface area (Å²) < 4.78 is 29.5. The molecule has 0 amide bonds. The van der Waals surface area contributed by atoms with Crippen LogP contribution in [0, 0.1) is 0 Å². The lowest BCUT2D eigenvalue weighted by molar-refractivity contribution is -0.145. The number of hydrogen-bond donors (Lipinski definition) is 0. The fourth-order valence-electron chi connectivity index (χ4n) is 1.50. The third-order valence-electron chi connectivity index (χ3n) is 2.30. The summed E-state index contributed by atoms with van der Waals surface area (Å²) in [4.78, 5) is 11.7. The third kappa shape index (κ3) is 5.21. The zero-order valence-electron chi connectivity index (χ0n) is 11.6. The quantitative estimate of drug-likeness (QED) is 0.585. The molecule has 9 heteroatoms. The highest BCUT2D eigenvalue weighted by Crippen LogP contribution is 2.35. The van der Waals surface area contributed by atoms with Gasteiger partial charge in [-0.3, -0.25) is 9.10 Å². The van der Waals surface area contributed by atoms with Gasteiger partial charge in [0.05, 0.1) is 33.1 Å². The molecular weight excluding hydrogens is 361 g/mol. The predicted octanol–water partition coefficient (Wildman–Crippen LogP) is 3.36. The van der Waals surface area contributed by atoms with E-state index < -0.39 is 22.5 Å². The molecule has 0 atom stereocenters. The van der Waals surface area contributed by atoms with Gasteiger partial charge in [0.1, 0.15) is 6.54 Å². The Bertz CT molecular complexity index is 646. The maximum Gasteiger partial charge on any atom is 0.327 e. The van der Waals surface area contributed by atoms with Crippen LogP contribution in [0.2, 0.25) is 15.1 Å². The van der Waals surface area contributed by atoms with Gasteiger partial charge in [0.15, 0.2) is 0 Å². The van der Waals surface area contributed by atoms with Crippen molar-refractivity contribution in [2.75, 3.05) is 17.1 Å². The molecule has 0 heterocycles. The van der Waals surface area contributed by atoms with E-state index in [1.54, 1.807) is 13.8 Å². The minimum Gasteiger partial charge on any atom is -0.462 e. The summed E-state index contributed by atoms with van der Waals surface area (Å²) in [7, 11) is -3.75. The Hall–Kier alpha value is -0.690. The van der Waals surface area contributed by atoms with Crippen molar-refractivity contribution in [2.45, 2.75) is 20.0 Å². The minimum atomic E-state index is -3.75. The van der Waals surface area contributed by atoms with Crippen LogP contribution in [0.25, 0.3) is 0 Å². The van der Waals surface area contributed by atoms with E-state index in [2.05, 4.69) is 0 Å². The topological polar surface area (TPSA) is 63.7 Å². The minimum absolute atomic E-state index is 0.0622. The van der Waals surface area contributed by atoms with Gasteiger partial charge in [-0.05, 0) is 26.0 Å². The fourth-order valence-corrected chi connectivity index (χ4v) is 3.04. The number of sulfonamides is 1. The van der Waals surface area contributed by atoms with Crippen LogP contribution < -0.4 is 4.31 Å². The normalized spacial score (nSPS) is 11.6. The summed E-state index contributed by atoms with van der Waals surface area (Å²) >= 11 is 17.7. The molecule has 0 aromatic heterocycles. The van der Waals surface area contributed by atoms with Crippen LogP contribution in [0.3, 0.4) is 0 Å². The first kappa shape index (κ1) is 18.4. The second-order valence-electron chi connectivity index (χ2n) is 4.53. The van der Waals surface area contributed by atoms with Crippen LogP contribution in [0.15, 0.2) is 12.1 Å². The van der Waals surface area contributed by atoms with Gasteiger partial charge < -0.3 is 4.74 Å². The molecule has 0 saturated carbocycles. The maximum absolute atomic E-state index is 11.9. The van der Waals surface area contributed by atoms with E-state index >= 15 is 0 Å². The molecule has 0 bridgehead atoms. The van der Waals surface area contributed by atoms with Crippen molar-refractivity contribution in [3.63, 3.8) is 0 Å². The lowest BCUT2D eigenvalue weighted by Gasteiger charge is -2.23. The number of carbonyl (C=O) groups is 1. The standard InChI is InChI=1S/C12H14Cl3NO4S/c1-7(2)20-12(17)6-16(21(3,18)19)11-5-9(14)8(13)4-10(11)15/h4-5,7H,6H2,1-3H3. The van der Waals surface area contributed by atoms with Crippen molar-refractivity contribution >= 4 is 56.5 Å². The van der Waals surface area contributed by atoms with E-state index in [4.69, 9.17) is 39.5 Å². The van der Waals surface area contributed by atoms with Crippen molar-refractivity contribution in [1.29, 1.82) is 0 Å². The summed E-state index contributed by atoms with van der Waals surface area (Å²) in [6.07, 6.45) is 0.595. The summed E-state index contributed by atoms with van der Waals surface area (Å²) in [6, 6.07) is 2.60. The van der Waals surface area contributed by atoms with Crippen molar-refractivity contribution in [2.24, 2.45) is 0 Å². The molecule has 0 N–H and O–H groups in total. The molecule has 0 spiro atoms. The fraction of sp³-hybridized carbons (Fsp3) is 0.417. The largest absolute Gasteiger partial charge is 0.462 e. The maximum atomic E-state index is 11.9. The first-order chi connectivity index (χ1) is 9.52. The lowest BCUT2D eigenvalue weighted by Crippen LogP contribution is -2.36. The number of hydrogen-bond acceptors (Lipinski definition) is 4. The number of rotatable bonds is 5. The highest BCUT2D eigenvalue weighted by molar-refractivity contribution is 7.92. The van der Waals surface area contributed by atoms with E-state index in [1.807, 2.05) is 0 Å². The van der Waals surface area contributed by atoms with Gasteiger partial charge in [-0.2, -0.15) is 0 Å². The Morgan fingerprint density at radius 2 is 1.71 bits per heavy atom. The molecule has 0 unspecified atom stereocenters.